The summed E-state index contributed by atoms with van der Waals surface area (Å²) in [6.45, 7) is 6.37. The van der Waals surface area contributed by atoms with E-state index in [1.165, 1.54) is 19.4 Å². The zero-order chi connectivity index (χ0) is 10.8. The van der Waals surface area contributed by atoms with Gasteiger partial charge in [-0.25, -0.2) is 0 Å². The van der Waals surface area contributed by atoms with Crippen molar-refractivity contribution in [2.75, 3.05) is 13.1 Å². The third-order valence-electron chi connectivity index (χ3n) is 3.31. The van der Waals surface area contributed by atoms with Crippen molar-refractivity contribution >= 4 is 7.41 Å². The smallest absolute Gasteiger partial charge is 0.205 e. The van der Waals surface area contributed by atoms with Crippen LogP contribution in [0.3, 0.4) is 0 Å². The second-order valence-electron chi connectivity index (χ2n) is 4.26. The summed E-state index contributed by atoms with van der Waals surface area (Å²) in [6.07, 6.45) is 2.48. The first-order valence-electron chi connectivity index (χ1n) is 5.61. The number of hydrogen-bond donors (Lipinski definition) is 0. The molecule has 1 saturated heterocycles. The molecule has 15 heavy (non-hydrogen) atoms. The van der Waals surface area contributed by atoms with Crippen molar-refractivity contribution in [2.24, 2.45) is 7.05 Å². The Morgan fingerprint density at radius 1 is 1.40 bits per heavy atom. The van der Waals surface area contributed by atoms with Crippen LogP contribution in [0.2, 0.25) is 6.82 Å². The van der Waals surface area contributed by atoms with Crippen LogP contribution in [0, 0.1) is 6.92 Å². The topological polar surface area (TPSA) is 34.0 Å². The lowest BCUT2D eigenvalue weighted by molar-refractivity contribution is 0.314. The molecule has 0 amide bonds. The summed E-state index contributed by atoms with van der Waals surface area (Å²) >= 11 is 0. The van der Waals surface area contributed by atoms with Crippen LogP contribution in [0.1, 0.15) is 30.4 Å². The van der Waals surface area contributed by atoms with Crippen LogP contribution in [-0.4, -0.2) is 40.1 Å². The Bertz CT molecular complexity index is 336. The maximum absolute atomic E-state index is 4.28. The van der Waals surface area contributed by atoms with Gasteiger partial charge in [0.05, 0.1) is 0 Å². The minimum atomic E-state index is 0.543. The average Bonchev–Trinajstić information content (AvgIpc) is 2.60. The van der Waals surface area contributed by atoms with Gasteiger partial charge < -0.3 is 9.38 Å². The minimum Gasteiger partial charge on any atom is -0.346 e. The van der Waals surface area contributed by atoms with Gasteiger partial charge in [0.1, 0.15) is 11.6 Å². The highest BCUT2D eigenvalue weighted by molar-refractivity contribution is 6.29. The number of piperidine rings is 1. The Morgan fingerprint density at radius 3 is 2.80 bits per heavy atom. The van der Waals surface area contributed by atoms with Crippen molar-refractivity contribution in [1.29, 1.82) is 0 Å². The molecule has 1 aliphatic rings. The maximum atomic E-state index is 4.28. The van der Waals surface area contributed by atoms with E-state index in [9.17, 15) is 0 Å². The molecule has 5 heteroatoms. The highest BCUT2D eigenvalue weighted by atomic mass is 15.3. The van der Waals surface area contributed by atoms with Gasteiger partial charge in [-0.05, 0) is 32.9 Å². The lowest BCUT2D eigenvalue weighted by atomic mass is 9.87. The summed E-state index contributed by atoms with van der Waals surface area (Å²) < 4.78 is 2.11. The summed E-state index contributed by atoms with van der Waals surface area (Å²) in [5.41, 5.74) is 0. The number of aryl methyl sites for hydroxylation is 1. The van der Waals surface area contributed by atoms with E-state index in [2.05, 4.69) is 40.9 Å². The molecular weight excluding hydrogens is 187 g/mol. The van der Waals surface area contributed by atoms with Crippen molar-refractivity contribution in [2.45, 2.75) is 32.5 Å². The third kappa shape index (κ3) is 2.07. The Morgan fingerprint density at radius 2 is 2.20 bits per heavy atom. The molecule has 0 aromatic carbocycles. The Balaban J connectivity index is 2.13. The first-order valence-corrected chi connectivity index (χ1v) is 5.61. The van der Waals surface area contributed by atoms with Crippen LogP contribution in [0.15, 0.2) is 0 Å². The number of rotatable bonds is 2. The zero-order valence-corrected chi connectivity index (χ0v) is 9.77. The lowest BCUT2D eigenvalue weighted by Crippen LogP contribution is -2.36. The van der Waals surface area contributed by atoms with Crippen LogP contribution in [0.5, 0.6) is 0 Å². The lowest BCUT2D eigenvalue weighted by Gasteiger charge is -2.31. The molecule has 1 aromatic heterocycles. The van der Waals surface area contributed by atoms with Gasteiger partial charge in [-0.2, -0.15) is 0 Å². The van der Waals surface area contributed by atoms with Gasteiger partial charge in [0, 0.05) is 13.0 Å². The van der Waals surface area contributed by atoms with E-state index in [1.54, 1.807) is 0 Å². The van der Waals surface area contributed by atoms with Gasteiger partial charge >= 0.3 is 0 Å². The first-order chi connectivity index (χ1) is 7.22. The van der Waals surface area contributed by atoms with Gasteiger partial charge in [0.25, 0.3) is 0 Å². The monoisotopic (exact) mass is 205 g/mol. The second-order valence-corrected chi connectivity index (χ2v) is 4.26. The number of hydrogen-bond acceptors (Lipinski definition) is 3. The molecule has 1 fully saturated rings. The molecule has 0 saturated carbocycles. The second kappa shape index (κ2) is 4.35. The fourth-order valence-electron chi connectivity index (χ4n) is 2.23. The van der Waals surface area contributed by atoms with Gasteiger partial charge in [0.2, 0.25) is 7.41 Å². The first kappa shape index (κ1) is 10.7. The minimum absolute atomic E-state index is 0.543. The van der Waals surface area contributed by atoms with Gasteiger partial charge in [-0.1, -0.05) is 6.82 Å². The highest BCUT2D eigenvalue weighted by Crippen LogP contribution is 2.24. The molecule has 81 valence electrons. The molecule has 2 rings (SSSR count). The average molecular weight is 205 g/mol. The summed E-state index contributed by atoms with van der Waals surface area (Å²) in [6, 6.07) is 0. The third-order valence-corrected chi connectivity index (χ3v) is 3.31. The number of aromatic nitrogens is 3. The summed E-state index contributed by atoms with van der Waals surface area (Å²) in [5.74, 6) is 2.68. The predicted molar refractivity (Wildman–Crippen MR) is 60.9 cm³/mol. The molecule has 1 aromatic rings. The SMILES string of the molecule is C[B]N1CCCC(c2nnc(C)n2C)C1. The van der Waals surface area contributed by atoms with Crippen LogP contribution < -0.4 is 0 Å². The molecule has 1 atom stereocenters. The van der Waals surface area contributed by atoms with E-state index in [1.807, 2.05) is 6.92 Å². The maximum Gasteiger partial charge on any atom is 0.205 e. The fourth-order valence-corrected chi connectivity index (χ4v) is 2.23. The Kier molecular flexibility index (Phi) is 3.10. The molecule has 0 bridgehead atoms. The van der Waals surface area contributed by atoms with Crippen LogP contribution >= 0.6 is 0 Å². The Hall–Kier alpha value is -0.835. The van der Waals surface area contributed by atoms with E-state index in [0.29, 0.717) is 5.92 Å². The van der Waals surface area contributed by atoms with Gasteiger partial charge in [0.15, 0.2) is 0 Å². The molecule has 1 aliphatic heterocycles. The summed E-state index contributed by atoms with van der Waals surface area (Å²) in [5, 5.41) is 8.41. The predicted octanol–water partition coefficient (Wildman–Crippen LogP) is 0.970. The molecule has 1 radical (unpaired) electrons. The van der Waals surface area contributed by atoms with Crippen molar-refractivity contribution in [3.63, 3.8) is 0 Å². The van der Waals surface area contributed by atoms with E-state index < -0.39 is 0 Å². The molecule has 0 N–H and O–H groups in total. The fraction of sp³-hybridized carbons (Fsp3) is 0.800. The molecule has 2 heterocycles. The summed E-state index contributed by atoms with van der Waals surface area (Å²) in [4.78, 5) is 2.37. The Labute approximate surface area is 91.9 Å². The molecule has 0 spiro atoms. The highest BCUT2D eigenvalue weighted by Gasteiger charge is 2.24. The van der Waals surface area contributed by atoms with Crippen LogP contribution in [-0.2, 0) is 7.05 Å². The van der Waals surface area contributed by atoms with Crippen LogP contribution in [0.4, 0.5) is 0 Å². The molecular formula is C10H18BN4. The van der Waals surface area contributed by atoms with Gasteiger partial charge in [-0.3, -0.25) is 0 Å². The van der Waals surface area contributed by atoms with Crippen molar-refractivity contribution in [3.05, 3.63) is 11.6 Å². The molecule has 0 aliphatic carbocycles. The van der Waals surface area contributed by atoms with Crippen LogP contribution in [0.25, 0.3) is 0 Å². The van der Waals surface area contributed by atoms with E-state index in [-0.39, 0.29) is 0 Å². The van der Waals surface area contributed by atoms with Gasteiger partial charge in [-0.15, -0.1) is 10.2 Å². The van der Waals surface area contributed by atoms with Crippen molar-refractivity contribution < 1.29 is 0 Å². The largest absolute Gasteiger partial charge is 0.346 e. The number of nitrogens with zero attached hydrogens (tertiary/aromatic N) is 4. The molecule has 4 nitrogen and oxygen atoms in total. The van der Waals surface area contributed by atoms with E-state index in [4.69, 9.17) is 0 Å². The van der Waals surface area contributed by atoms with Crippen molar-refractivity contribution in [3.8, 4) is 0 Å². The summed E-state index contributed by atoms with van der Waals surface area (Å²) in [7, 11) is 4.23. The zero-order valence-electron chi connectivity index (χ0n) is 9.77. The standard InChI is InChI=1S/C10H18BN4/c1-8-12-13-10(14(8)3)9-5-4-6-15(7-9)11-2/h9H,4-7H2,1-3H3. The normalized spacial score (nSPS) is 23.0. The van der Waals surface area contributed by atoms with E-state index >= 15 is 0 Å². The van der Waals surface area contributed by atoms with Crippen molar-refractivity contribution in [1.82, 2.24) is 19.6 Å². The van der Waals surface area contributed by atoms with E-state index in [0.717, 1.165) is 18.2 Å². The molecule has 1 unspecified atom stereocenters. The quantitative estimate of drug-likeness (QED) is 0.674.